The number of amides is 2. The monoisotopic (exact) mass is 455 g/mol. The molecule has 0 saturated carbocycles. The van der Waals surface area contributed by atoms with E-state index in [9.17, 15) is 14.0 Å². The molecule has 0 fully saturated rings. The van der Waals surface area contributed by atoms with Gasteiger partial charge in [-0.15, -0.1) is 0 Å². The summed E-state index contributed by atoms with van der Waals surface area (Å²) < 4.78 is 22.2. The summed E-state index contributed by atoms with van der Waals surface area (Å²) in [4.78, 5) is 28.1. The van der Waals surface area contributed by atoms with E-state index in [4.69, 9.17) is 4.74 Å². The number of nitrogens with zero attached hydrogens (tertiary/aromatic N) is 2. The second-order valence-corrected chi connectivity index (χ2v) is 8.51. The van der Waals surface area contributed by atoms with Crippen LogP contribution in [0.25, 0.3) is 10.9 Å². The van der Waals surface area contributed by atoms with Gasteiger partial charge in [0.1, 0.15) is 11.9 Å². The lowest BCUT2D eigenvalue weighted by Crippen LogP contribution is -2.44. The van der Waals surface area contributed by atoms with Crippen LogP contribution in [0.4, 0.5) is 10.1 Å². The summed E-state index contributed by atoms with van der Waals surface area (Å²) in [7, 11) is 1.93. The molecule has 1 aliphatic rings. The zero-order chi connectivity index (χ0) is 22.7. The lowest BCUT2D eigenvalue weighted by Gasteiger charge is -2.30. The predicted molar refractivity (Wildman–Crippen MR) is 124 cm³/mol. The van der Waals surface area contributed by atoms with Crippen molar-refractivity contribution in [3.63, 3.8) is 0 Å². The van der Waals surface area contributed by atoms with Gasteiger partial charge in [0.25, 0.3) is 0 Å². The number of carbonyl (C=O) groups is 2. The maximum absolute atomic E-state index is 14.8. The van der Waals surface area contributed by atoms with E-state index in [2.05, 4.69) is 5.32 Å². The number of benzene rings is 2. The van der Waals surface area contributed by atoms with Gasteiger partial charge < -0.3 is 14.6 Å². The minimum Gasteiger partial charge on any atom is -0.382 e. The van der Waals surface area contributed by atoms with Gasteiger partial charge in [-0.3, -0.25) is 14.5 Å². The second-order valence-electron chi connectivity index (χ2n) is 7.54. The number of aryl methyl sites for hydroxylation is 1. The van der Waals surface area contributed by atoms with E-state index in [1.807, 2.05) is 42.8 Å². The molecule has 4 rings (SSSR count). The fourth-order valence-corrected chi connectivity index (χ4v) is 5.17. The molecule has 1 N–H and O–H groups in total. The number of nitrogens with one attached hydrogen (secondary N) is 1. The molecule has 0 saturated heterocycles. The number of fused-ring (bicyclic) bond motifs is 3. The van der Waals surface area contributed by atoms with Crippen molar-refractivity contribution in [2.75, 3.05) is 30.4 Å². The van der Waals surface area contributed by atoms with Gasteiger partial charge >= 0.3 is 0 Å². The van der Waals surface area contributed by atoms with Gasteiger partial charge in [-0.2, -0.15) is 0 Å². The van der Waals surface area contributed by atoms with Crippen LogP contribution >= 0.6 is 11.8 Å². The van der Waals surface area contributed by atoms with Crippen LogP contribution < -0.4 is 10.2 Å². The van der Waals surface area contributed by atoms with Crippen molar-refractivity contribution in [1.29, 1.82) is 0 Å². The molecular weight excluding hydrogens is 429 g/mol. The zero-order valence-corrected chi connectivity index (χ0v) is 19.0. The topological polar surface area (TPSA) is 63.6 Å². The van der Waals surface area contributed by atoms with Gasteiger partial charge in [0, 0.05) is 43.3 Å². The molecule has 168 valence electrons. The number of thioether (sulfide) groups is 1. The maximum Gasteiger partial charge on any atom is 0.247 e. The molecular formula is C24H26FN3O3S. The smallest absolute Gasteiger partial charge is 0.247 e. The Kier molecular flexibility index (Phi) is 6.81. The standard InChI is InChI=1S/C24H26FN3O3S/c1-3-31-14-8-13-26-23(30)22-21-16-9-4-6-11-18(16)27(2)24(21)32-15-20(29)28(22)19-12-7-5-10-17(19)25/h4-7,9-12,22H,3,8,13-15H2,1-2H3,(H,26,30). The summed E-state index contributed by atoms with van der Waals surface area (Å²) in [5.41, 5.74) is 1.79. The number of anilines is 1. The summed E-state index contributed by atoms with van der Waals surface area (Å²) >= 11 is 1.38. The van der Waals surface area contributed by atoms with Gasteiger partial charge in [0.15, 0.2) is 0 Å². The van der Waals surface area contributed by atoms with Gasteiger partial charge in [0.05, 0.1) is 16.5 Å². The molecule has 1 unspecified atom stereocenters. The van der Waals surface area contributed by atoms with Crippen LogP contribution in [0, 0.1) is 5.82 Å². The molecule has 1 aliphatic heterocycles. The van der Waals surface area contributed by atoms with Crippen LogP contribution in [-0.4, -0.2) is 41.9 Å². The summed E-state index contributed by atoms with van der Waals surface area (Å²) in [5.74, 6) is -1.07. The fraction of sp³-hybridized carbons (Fsp3) is 0.333. The van der Waals surface area contributed by atoms with Crippen LogP contribution in [0.15, 0.2) is 53.6 Å². The molecule has 0 radical (unpaired) electrons. The largest absolute Gasteiger partial charge is 0.382 e. The van der Waals surface area contributed by atoms with Crippen molar-refractivity contribution in [3.8, 4) is 0 Å². The Morgan fingerprint density at radius 2 is 1.97 bits per heavy atom. The van der Waals surface area contributed by atoms with E-state index in [-0.39, 0.29) is 23.3 Å². The average molecular weight is 456 g/mol. The minimum atomic E-state index is -0.984. The third kappa shape index (κ3) is 4.12. The average Bonchev–Trinajstić information content (AvgIpc) is 2.97. The Bertz CT molecular complexity index is 1150. The van der Waals surface area contributed by atoms with Crippen molar-refractivity contribution >= 4 is 40.2 Å². The molecule has 2 aromatic carbocycles. The van der Waals surface area contributed by atoms with Crippen molar-refractivity contribution in [2.24, 2.45) is 7.05 Å². The molecule has 6 nitrogen and oxygen atoms in total. The number of hydrogen-bond donors (Lipinski definition) is 1. The first-order valence-corrected chi connectivity index (χ1v) is 11.6. The highest BCUT2D eigenvalue weighted by Gasteiger charge is 2.40. The van der Waals surface area contributed by atoms with E-state index in [1.165, 1.54) is 22.7 Å². The summed E-state index contributed by atoms with van der Waals surface area (Å²) in [5, 5.41) is 4.66. The van der Waals surface area contributed by atoms with Crippen LogP contribution in [0.2, 0.25) is 0 Å². The van der Waals surface area contributed by atoms with Crippen LogP contribution in [0.5, 0.6) is 0 Å². The van der Waals surface area contributed by atoms with Crippen molar-refractivity contribution in [2.45, 2.75) is 24.4 Å². The van der Waals surface area contributed by atoms with E-state index in [0.717, 1.165) is 21.5 Å². The number of para-hydroxylation sites is 2. The summed E-state index contributed by atoms with van der Waals surface area (Å²) in [6.07, 6.45) is 0.650. The van der Waals surface area contributed by atoms with Gasteiger partial charge in [-0.25, -0.2) is 4.39 Å². The Morgan fingerprint density at radius 1 is 1.22 bits per heavy atom. The number of hydrogen-bond acceptors (Lipinski definition) is 4. The van der Waals surface area contributed by atoms with Crippen LogP contribution in [-0.2, 0) is 21.4 Å². The first-order chi connectivity index (χ1) is 15.5. The molecule has 3 aromatic rings. The van der Waals surface area contributed by atoms with E-state index < -0.39 is 11.9 Å². The van der Waals surface area contributed by atoms with E-state index >= 15 is 0 Å². The lowest BCUT2D eigenvalue weighted by atomic mass is 10.0. The van der Waals surface area contributed by atoms with E-state index in [1.54, 1.807) is 18.2 Å². The molecule has 8 heteroatoms. The number of ether oxygens (including phenoxy) is 1. The van der Waals surface area contributed by atoms with Crippen molar-refractivity contribution < 1.29 is 18.7 Å². The first-order valence-electron chi connectivity index (χ1n) is 10.7. The molecule has 1 aromatic heterocycles. The molecule has 1 atom stereocenters. The summed E-state index contributed by atoms with van der Waals surface area (Å²) in [6.45, 7) is 3.47. The van der Waals surface area contributed by atoms with Crippen LogP contribution in [0.1, 0.15) is 24.9 Å². The van der Waals surface area contributed by atoms with Crippen molar-refractivity contribution in [3.05, 3.63) is 59.9 Å². The Morgan fingerprint density at radius 3 is 2.75 bits per heavy atom. The summed E-state index contributed by atoms with van der Waals surface area (Å²) in [6, 6.07) is 12.9. The lowest BCUT2D eigenvalue weighted by molar-refractivity contribution is -0.125. The molecule has 0 bridgehead atoms. The quantitative estimate of drug-likeness (QED) is 0.546. The predicted octanol–water partition coefficient (Wildman–Crippen LogP) is 4.04. The number of halogens is 1. The van der Waals surface area contributed by atoms with Crippen LogP contribution in [0.3, 0.4) is 0 Å². The highest BCUT2D eigenvalue weighted by Crippen LogP contribution is 2.43. The normalized spacial score (nSPS) is 16.2. The van der Waals surface area contributed by atoms with Gasteiger partial charge in [0.2, 0.25) is 11.8 Å². The molecule has 2 amide bonds. The first kappa shape index (κ1) is 22.4. The highest BCUT2D eigenvalue weighted by atomic mass is 32.2. The van der Waals surface area contributed by atoms with Crippen molar-refractivity contribution in [1.82, 2.24) is 9.88 Å². The molecule has 0 aliphatic carbocycles. The maximum atomic E-state index is 14.8. The van der Waals surface area contributed by atoms with Gasteiger partial charge in [-0.05, 0) is 31.5 Å². The van der Waals surface area contributed by atoms with Gasteiger partial charge in [-0.1, -0.05) is 42.1 Å². The molecule has 32 heavy (non-hydrogen) atoms. The SMILES string of the molecule is CCOCCCNC(=O)C1c2c(n(C)c3ccccc23)SCC(=O)N1c1ccccc1F. The minimum absolute atomic E-state index is 0.105. The van der Waals surface area contributed by atoms with E-state index in [0.29, 0.717) is 26.2 Å². The Hall–Kier alpha value is -2.84. The number of aromatic nitrogens is 1. The second kappa shape index (κ2) is 9.75. The fourth-order valence-electron chi connectivity index (χ4n) is 4.11. The molecule has 2 heterocycles. The Balaban J connectivity index is 1.82. The number of rotatable bonds is 7. The zero-order valence-electron chi connectivity index (χ0n) is 18.1. The number of carbonyl (C=O) groups excluding carboxylic acids is 2. The third-order valence-corrected chi connectivity index (χ3v) is 6.71. The third-order valence-electron chi connectivity index (χ3n) is 5.55. The highest BCUT2D eigenvalue weighted by molar-refractivity contribution is 8.00. The Labute approximate surface area is 190 Å². The molecule has 0 spiro atoms.